The van der Waals surface area contributed by atoms with Gasteiger partial charge in [0.15, 0.2) is 5.82 Å². The van der Waals surface area contributed by atoms with Crippen molar-refractivity contribution in [3.63, 3.8) is 0 Å². The van der Waals surface area contributed by atoms with Crippen LogP contribution >= 0.6 is 0 Å². The molecule has 0 spiro atoms. The van der Waals surface area contributed by atoms with E-state index >= 15 is 0 Å². The van der Waals surface area contributed by atoms with Crippen LogP contribution in [0.5, 0.6) is 0 Å². The summed E-state index contributed by atoms with van der Waals surface area (Å²) in [5.41, 5.74) is 0.834. The van der Waals surface area contributed by atoms with Crippen LogP contribution < -0.4 is 5.32 Å². The fourth-order valence-corrected chi connectivity index (χ4v) is 2.11. The first-order chi connectivity index (χ1) is 11.7. The van der Waals surface area contributed by atoms with E-state index in [1.54, 1.807) is 48.3 Å². The van der Waals surface area contributed by atoms with Gasteiger partial charge in [-0.1, -0.05) is 0 Å². The fourth-order valence-electron chi connectivity index (χ4n) is 2.11. The molecule has 0 radical (unpaired) electrons. The number of aliphatic imine (C=N–C) groups is 2. The van der Waals surface area contributed by atoms with Crippen LogP contribution in [0.15, 0.2) is 46.9 Å². The third kappa shape index (κ3) is 3.05. The molecule has 0 atom stereocenters. The molecule has 0 aliphatic rings. The predicted molar refractivity (Wildman–Crippen MR) is 92.4 cm³/mol. The van der Waals surface area contributed by atoms with Crippen molar-refractivity contribution >= 4 is 17.9 Å². The summed E-state index contributed by atoms with van der Waals surface area (Å²) in [6, 6.07) is 3.65. The maximum atomic E-state index is 4.57. The van der Waals surface area contributed by atoms with Crippen LogP contribution in [-0.4, -0.2) is 55.7 Å². The molecule has 1 N–H and O–H groups in total. The van der Waals surface area contributed by atoms with Crippen LogP contribution in [0.25, 0.3) is 11.8 Å². The Balaban J connectivity index is 2.13. The van der Waals surface area contributed by atoms with Crippen molar-refractivity contribution in [1.29, 1.82) is 0 Å². The normalized spacial score (nSPS) is 12.0. The highest BCUT2D eigenvalue weighted by atomic mass is 15.4. The molecule has 0 aromatic carbocycles. The molecule has 9 nitrogen and oxygen atoms in total. The Hall–Kier alpha value is -3.36. The van der Waals surface area contributed by atoms with Gasteiger partial charge in [-0.3, -0.25) is 9.98 Å². The number of anilines is 1. The van der Waals surface area contributed by atoms with Gasteiger partial charge in [-0.25, -0.2) is 9.36 Å². The van der Waals surface area contributed by atoms with E-state index in [0.29, 0.717) is 23.4 Å². The fraction of sp³-hybridized carbons (Fsp3) is 0.200. The number of nitrogens with zero attached hydrogens (tertiary/aromatic N) is 8. The van der Waals surface area contributed by atoms with Gasteiger partial charge in [-0.15, -0.1) is 0 Å². The zero-order valence-corrected chi connectivity index (χ0v) is 13.6. The highest BCUT2D eigenvalue weighted by Crippen LogP contribution is 2.20. The average Bonchev–Trinajstić information content (AvgIpc) is 3.29. The Morgan fingerprint density at radius 1 is 1.08 bits per heavy atom. The Morgan fingerprint density at radius 2 is 1.79 bits per heavy atom. The number of nitrogens with one attached hydrogen (secondary N) is 1. The van der Waals surface area contributed by atoms with E-state index in [1.165, 1.54) is 0 Å². The smallest absolute Gasteiger partial charge is 0.254 e. The van der Waals surface area contributed by atoms with E-state index in [4.69, 9.17) is 0 Å². The van der Waals surface area contributed by atoms with Crippen molar-refractivity contribution in [2.24, 2.45) is 9.98 Å². The van der Waals surface area contributed by atoms with E-state index in [1.807, 2.05) is 25.3 Å². The largest absolute Gasteiger partial charge is 0.324 e. The first-order valence-electron chi connectivity index (χ1n) is 7.27. The average molecular weight is 323 g/mol. The molecule has 3 aromatic heterocycles. The Labute approximate surface area is 138 Å². The second-order valence-corrected chi connectivity index (χ2v) is 4.84. The zero-order chi connectivity index (χ0) is 16.9. The second kappa shape index (κ2) is 6.82. The minimum atomic E-state index is 0.433. The van der Waals surface area contributed by atoms with Gasteiger partial charge in [0.2, 0.25) is 0 Å². The van der Waals surface area contributed by atoms with E-state index < -0.39 is 0 Å². The highest BCUT2D eigenvalue weighted by molar-refractivity contribution is 6.34. The minimum absolute atomic E-state index is 0.433. The molecule has 0 saturated carbocycles. The van der Waals surface area contributed by atoms with Crippen molar-refractivity contribution in [3.8, 4) is 11.8 Å². The first-order valence-corrected chi connectivity index (χ1v) is 7.27. The lowest BCUT2D eigenvalue weighted by Crippen LogP contribution is -2.18. The van der Waals surface area contributed by atoms with Crippen LogP contribution in [0.2, 0.25) is 0 Å². The molecular weight excluding hydrogens is 306 g/mol. The summed E-state index contributed by atoms with van der Waals surface area (Å²) < 4.78 is 3.28. The Bertz CT molecular complexity index is 861. The highest BCUT2D eigenvalue weighted by Gasteiger charge is 2.15. The summed E-state index contributed by atoms with van der Waals surface area (Å²) in [5.74, 6) is 2.30. The molecule has 0 unspecified atom stereocenters. The lowest BCUT2D eigenvalue weighted by Gasteiger charge is -2.13. The molecule has 3 aromatic rings. The number of aromatic nitrogens is 6. The van der Waals surface area contributed by atoms with Crippen LogP contribution in [-0.2, 0) is 0 Å². The van der Waals surface area contributed by atoms with Gasteiger partial charge in [0.1, 0.15) is 11.7 Å². The van der Waals surface area contributed by atoms with Gasteiger partial charge in [-0.05, 0) is 19.1 Å². The van der Waals surface area contributed by atoms with Crippen LogP contribution in [0.4, 0.5) is 5.82 Å². The maximum absolute atomic E-state index is 4.57. The van der Waals surface area contributed by atoms with Gasteiger partial charge in [0.05, 0.1) is 6.21 Å². The van der Waals surface area contributed by atoms with Crippen molar-refractivity contribution in [2.75, 3.05) is 19.4 Å². The quantitative estimate of drug-likeness (QED) is 0.576. The second-order valence-electron chi connectivity index (χ2n) is 4.84. The van der Waals surface area contributed by atoms with Gasteiger partial charge < -0.3 is 5.32 Å². The summed E-state index contributed by atoms with van der Waals surface area (Å²) in [6.45, 7) is 1.92. The molecule has 0 bridgehead atoms. The molecule has 3 rings (SSSR count). The zero-order valence-electron chi connectivity index (χ0n) is 13.6. The molecule has 0 amide bonds. The van der Waals surface area contributed by atoms with E-state index in [-0.39, 0.29) is 0 Å². The SMILES string of the molecule is CN=CC(=NC)Nc1nc(-n2cccn2)nc(-n2cccn2)c1C. The Morgan fingerprint density at radius 3 is 2.38 bits per heavy atom. The summed E-state index contributed by atoms with van der Waals surface area (Å²) in [7, 11) is 3.37. The lowest BCUT2D eigenvalue weighted by molar-refractivity contribution is 0.770. The third-order valence-electron chi connectivity index (χ3n) is 3.28. The summed E-state index contributed by atoms with van der Waals surface area (Å²) in [4.78, 5) is 17.3. The minimum Gasteiger partial charge on any atom is -0.324 e. The van der Waals surface area contributed by atoms with E-state index in [9.17, 15) is 0 Å². The van der Waals surface area contributed by atoms with Crippen molar-refractivity contribution < 1.29 is 0 Å². The maximum Gasteiger partial charge on any atom is 0.254 e. The predicted octanol–water partition coefficient (Wildman–Crippen LogP) is 1.30. The number of hydrogen-bond donors (Lipinski definition) is 1. The van der Waals surface area contributed by atoms with Crippen molar-refractivity contribution in [3.05, 3.63) is 42.5 Å². The molecule has 0 aliphatic carbocycles. The van der Waals surface area contributed by atoms with Gasteiger partial charge in [0.25, 0.3) is 5.95 Å². The van der Waals surface area contributed by atoms with Crippen LogP contribution in [0, 0.1) is 6.92 Å². The van der Waals surface area contributed by atoms with Crippen molar-refractivity contribution in [2.45, 2.75) is 6.92 Å². The molecular formula is C15H17N9. The van der Waals surface area contributed by atoms with Crippen LogP contribution in [0.1, 0.15) is 5.56 Å². The lowest BCUT2D eigenvalue weighted by atomic mass is 10.3. The van der Waals surface area contributed by atoms with Gasteiger partial charge in [-0.2, -0.15) is 20.2 Å². The topological polar surface area (TPSA) is 98.2 Å². The molecule has 0 saturated heterocycles. The molecule has 122 valence electrons. The van der Waals surface area contributed by atoms with Crippen molar-refractivity contribution in [1.82, 2.24) is 29.5 Å². The summed E-state index contributed by atoms with van der Waals surface area (Å²) in [5, 5.41) is 11.6. The molecule has 9 heteroatoms. The van der Waals surface area contributed by atoms with Gasteiger partial charge in [0, 0.05) is 44.4 Å². The van der Waals surface area contributed by atoms with E-state index in [2.05, 4.69) is 35.5 Å². The summed E-state index contributed by atoms with van der Waals surface area (Å²) in [6.07, 6.45) is 8.61. The molecule has 0 aliphatic heterocycles. The molecule has 3 heterocycles. The molecule has 24 heavy (non-hydrogen) atoms. The number of amidine groups is 1. The molecule has 0 fully saturated rings. The standard InChI is InChI=1S/C15H17N9/c1-11-13(20-12(17-3)10-16-2)21-15(24-9-5-7-19-24)22-14(11)23-8-4-6-18-23/h4-10H,1-3H3,(H,17,20,21,22). The number of hydrogen-bond acceptors (Lipinski definition) is 6. The third-order valence-corrected chi connectivity index (χ3v) is 3.28. The van der Waals surface area contributed by atoms with Crippen LogP contribution in [0.3, 0.4) is 0 Å². The first kappa shape index (κ1) is 15.5. The monoisotopic (exact) mass is 323 g/mol. The van der Waals surface area contributed by atoms with E-state index in [0.717, 1.165) is 5.56 Å². The number of rotatable bonds is 4. The van der Waals surface area contributed by atoms with Gasteiger partial charge >= 0.3 is 0 Å². The summed E-state index contributed by atoms with van der Waals surface area (Å²) >= 11 is 0. The Kier molecular flexibility index (Phi) is 4.41.